The third-order valence-electron chi connectivity index (χ3n) is 4.44. The summed E-state index contributed by atoms with van der Waals surface area (Å²) >= 11 is 0. The molecule has 112 valence electrons. The van der Waals surface area contributed by atoms with Crippen LogP contribution in [0.5, 0.6) is 0 Å². The maximum absolute atomic E-state index is 12.8. The number of hydrogen-bond acceptors (Lipinski definition) is 3. The van der Waals surface area contributed by atoms with Gasteiger partial charge in [0.05, 0.1) is 12.0 Å². The Morgan fingerprint density at radius 1 is 1.30 bits per heavy atom. The van der Waals surface area contributed by atoms with Crippen molar-refractivity contribution in [1.29, 1.82) is 0 Å². The minimum Gasteiger partial charge on any atom is -0.464 e. The first-order chi connectivity index (χ1) is 9.57. The van der Waals surface area contributed by atoms with Crippen molar-refractivity contribution in [2.45, 2.75) is 52.0 Å². The summed E-state index contributed by atoms with van der Waals surface area (Å²) in [7, 11) is 1.85. The van der Waals surface area contributed by atoms with E-state index in [4.69, 9.17) is 10.2 Å². The first-order valence-corrected chi connectivity index (χ1v) is 7.58. The molecule has 4 heteroatoms. The van der Waals surface area contributed by atoms with Gasteiger partial charge < -0.3 is 15.1 Å². The molecule has 1 aromatic heterocycles. The highest BCUT2D eigenvalue weighted by molar-refractivity contribution is 5.82. The number of rotatable bonds is 4. The highest BCUT2D eigenvalue weighted by atomic mass is 16.3. The molecule has 1 amide bonds. The van der Waals surface area contributed by atoms with Gasteiger partial charge in [-0.15, -0.1) is 0 Å². The van der Waals surface area contributed by atoms with Gasteiger partial charge in [0.15, 0.2) is 0 Å². The molecule has 0 bridgehead atoms. The van der Waals surface area contributed by atoms with Crippen molar-refractivity contribution in [3.8, 4) is 0 Å². The summed E-state index contributed by atoms with van der Waals surface area (Å²) in [4.78, 5) is 14.6. The van der Waals surface area contributed by atoms with Gasteiger partial charge in [-0.1, -0.05) is 25.7 Å². The molecule has 1 aromatic rings. The molecule has 0 radical (unpaired) electrons. The second kappa shape index (κ2) is 6.44. The van der Waals surface area contributed by atoms with Crippen LogP contribution in [0.3, 0.4) is 0 Å². The Kier molecular flexibility index (Phi) is 4.86. The van der Waals surface area contributed by atoms with E-state index < -0.39 is 0 Å². The predicted molar refractivity (Wildman–Crippen MR) is 79.1 cm³/mol. The maximum Gasteiger partial charge on any atom is 0.230 e. The average Bonchev–Trinajstić information content (AvgIpc) is 2.71. The largest absolute Gasteiger partial charge is 0.464 e. The van der Waals surface area contributed by atoms with Crippen LogP contribution in [0.1, 0.15) is 50.0 Å². The van der Waals surface area contributed by atoms with Crippen molar-refractivity contribution < 1.29 is 9.21 Å². The highest BCUT2D eigenvalue weighted by Gasteiger charge is 2.39. The molecule has 1 fully saturated rings. The molecule has 1 aliphatic rings. The number of furan rings is 1. The van der Waals surface area contributed by atoms with Gasteiger partial charge in [0.1, 0.15) is 11.5 Å². The average molecular weight is 278 g/mol. The highest BCUT2D eigenvalue weighted by Crippen LogP contribution is 2.36. The Bertz CT molecular complexity index is 445. The van der Waals surface area contributed by atoms with Gasteiger partial charge in [0, 0.05) is 13.6 Å². The van der Waals surface area contributed by atoms with Crippen molar-refractivity contribution >= 4 is 5.91 Å². The third kappa shape index (κ3) is 3.23. The Hall–Kier alpha value is -1.29. The molecular weight excluding hydrogens is 252 g/mol. The molecule has 0 unspecified atom stereocenters. The molecule has 4 nitrogen and oxygen atoms in total. The fourth-order valence-corrected chi connectivity index (χ4v) is 3.19. The van der Waals surface area contributed by atoms with Crippen LogP contribution in [-0.4, -0.2) is 24.4 Å². The van der Waals surface area contributed by atoms with Crippen molar-refractivity contribution in [3.63, 3.8) is 0 Å². The number of hydrogen-bond donors (Lipinski definition) is 1. The fraction of sp³-hybridized carbons (Fsp3) is 0.688. The van der Waals surface area contributed by atoms with E-state index in [1.54, 1.807) is 4.90 Å². The van der Waals surface area contributed by atoms with Crippen molar-refractivity contribution in [3.05, 3.63) is 23.7 Å². The molecule has 0 saturated heterocycles. The SMILES string of the molecule is Cc1ccc(CN(C)C(=O)C2(CN)CCCCCC2)o1. The number of carbonyl (C=O) groups excluding carboxylic acids is 1. The van der Waals surface area contributed by atoms with E-state index in [0.29, 0.717) is 13.1 Å². The summed E-state index contributed by atoms with van der Waals surface area (Å²) in [5, 5.41) is 0. The minimum atomic E-state index is -0.354. The topological polar surface area (TPSA) is 59.5 Å². The lowest BCUT2D eigenvalue weighted by Gasteiger charge is -2.33. The zero-order chi connectivity index (χ0) is 14.6. The summed E-state index contributed by atoms with van der Waals surface area (Å²) in [6, 6.07) is 3.86. The van der Waals surface area contributed by atoms with Gasteiger partial charge in [0.2, 0.25) is 5.91 Å². The molecule has 0 aliphatic heterocycles. The van der Waals surface area contributed by atoms with Gasteiger partial charge in [-0.25, -0.2) is 0 Å². The van der Waals surface area contributed by atoms with Gasteiger partial charge in [-0.05, 0) is 31.9 Å². The van der Waals surface area contributed by atoms with E-state index in [1.807, 2.05) is 26.1 Å². The molecule has 2 rings (SSSR count). The van der Waals surface area contributed by atoms with Crippen molar-refractivity contribution in [2.75, 3.05) is 13.6 Å². The Labute approximate surface area is 121 Å². The quantitative estimate of drug-likeness (QED) is 0.862. The second-order valence-electron chi connectivity index (χ2n) is 6.07. The summed E-state index contributed by atoms with van der Waals surface area (Å²) in [5.41, 5.74) is 5.62. The molecular formula is C16H26N2O2. The van der Waals surface area contributed by atoms with Crippen LogP contribution in [0.2, 0.25) is 0 Å². The van der Waals surface area contributed by atoms with Crippen LogP contribution in [0.15, 0.2) is 16.5 Å². The Morgan fingerprint density at radius 3 is 2.45 bits per heavy atom. The van der Waals surface area contributed by atoms with Crippen molar-refractivity contribution in [1.82, 2.24) is 4.90 Å². The molecule has 1 aliphatic carbocycles. The van der Waals surface area contributed by atoms with Gasteiger partial charge in [-0.2, -0.15) is 0 Å². The third-order valence-corrected chi connectivity index (χ3v) is 4.44. The lowest BCUT2D eigenvalue weighted by molar-refractivity contribution is -0.142. The van der Waals surface area contributed by atoms with E-state index in [1.165, 1.54) is 12.8 Å². The van der Waals surface area contributed by atoms with E-state index in [2.05, 4.69) is 0 Å². The molecule has 0 atom stereocenters. The summed E-state index contributed by atoms with van der Waals surface area (Å²) in [6.07, 6.45) is 6.49. The van der Waals surface area contributed by atoms with E-state index in [0.717, 1.165) is 37.2 Å². The number of aryl methyl sites for hydroxylation is 1. The van der Waals surface area contributed by atoms with E-state index in [9.17, 15) is 4.79 Å². The first-order valence-electron chi connectivity index (χ1n) is 7.58. The molecule has 1 saturated carbocycles. The second-order valence-corrected chi connectivity index (χ2v) is 6.07. The van der Waals surface area contributed by atoms with Crippen LogP contribution in [0.4, 0.5) is 0 Å². The first kappa shape index (κ1) is 15.1. The van der Waals surface area contributed by atoms with Crippen LogP contribution < -0.4 is 5.73 Å². The molecule has 0 spiro atoms. The van der Waals surface area contributed by atoms with Crippen LogP contribution in [0, 0.1) is 12.3 Å². The normalized spacial score (nSPS) is 18.6. The smallest absolute Gasteiger partial charge is 0.230 e. The Balaban J connectivity index is 2.06. The summed E-state index contributed by atoms with van der Waals surface area (Å²) < 4.78 is 5.56. The minimum absolute atomic E-state index is 0.177. The van der Waals surface area contributed by atoms with E-state index >= 15 is 0 Å². The standard InChI is InChI=1S/C16H26N2O2/c1-13-7-8-14(20-13)11-18(2)15(19)16(12-17)9-5-3-4-6-10-16/h7-8H,3-6,9-12,17H2,1-2H3. The lowest BCUT2D eigenvalue weighted by Crippen LogP contribution is -2.46. The van der Waals surface area contributed by atoms with Gasteiger partial charge >= 0.3 is 0 Å². The monoisotopic (exact) mass is 278 g/mol. The van der Waals surface area contributed by atoms with Crippen LogP contribution >= 0.6 is 0 Å². The molecule has 20 heavy (non-hydrogen) atoms. The number of nitrogens with two attached hydrogens (primary N) is 1. The Morgan fingerprint density at radius 2 is 1.95 bits per heavy atom. The van der Waals surface area contributed by atoms with Crippen LogP contribution in [-0.2, 0) is 11.3 Å². The predicted octanol–water partition coefficient (Wildman–Crippen LogP) is 2.85. The number of nitrogens with zero attached hydrogens (tertiary/aromatic N) is 1. The van der Waals surface area contributed by atoms with Crippen molar-refractivity contribution in [2.24, 2.45) is 11.1 Å². The van der Waals surface area contributed by atoms with Crippen LogP contribution in [0.25, 0.3) is 0 Å². The maximum atomic E-state index is 12.8. The lowest BCUT2D eigenvalue weighted by atomic mass is 9.79. The zero-order valence-electron chi connectivity index (χ0n) is 12.7. The summed E-state index contributed by atoms with van der Waals surface area (Å²) in [6.45, 7) is 2.89. The summed E-state index contributed by atoms with van der Waals surface area (Å²) in [5.74, 6) is 1.89. The van der Waals surface area contributed by atoms with Gasteiger partial charge in [0.25, 0.3) is 0 Å². The molecule has 0 aromatic carbocycles. The van der Waals surface area contributed by atoms with E-state index in [-0.39, 0.29) is 11.3 Å². The molecule has 1 heterocycles. The van der Waals surface area contributed by atoms with Gasteiger partial charge in [-0.3, -0.25) is 4.79 Å². The fourth-order valence-electron chi connectivity index (χ4n) is 3.19. The zero-order valence-corrected chi connectivity index (χ0v) is 12.7. The number of amides is 1. The number of carbonyl (C=O) groups is 1. The molecule has 2 N–H and O–H groups in total.